The zero-order chi connectivity index (χ0) is 14.4. The maximum absolute atomic E-state index is 11.9. The largest absolute Gasteiger partial charge is 0.480 e. The summed E-state index contributed by atoms with van der Waals surface area (Å²) in [5, 5.41) is 11.4. The molecule has 0 spiro atoms. The van der Waals surface area contributed by atoms with Crippen LogP contribution in [-0.2, 0) is 16.0 Å². The minimum Gasteiger partial charge on any atom is -0.480 e. The van der Waals surface area contributed by atoms with Gasteiger partial charge >= 0.3 is 5.97 Å². The molecule has 1 amide bonds. The second kappa shape index (κ2) is 6.89. The minimum atomic E-state index is -1.18. The number of rotatable bonds is 6. The van der Waals surface area contributed by atoms with Crippen LogP contribution in [0.3, 0.4) is 0 Å². The monoisotopic (exact) mass is 264 g/mol. The summed E-state index contributed by atoms with van der Waals surface area (Å²) in [6, 6.07) is 6.78. The van der Waals surface area contributed by atoms with Crippen LogP contribution in [0.1, 0.15) is 11.1 Å². The predicted molar refractivity (Wildman–Crippen MR) is 73.0 cm³/mol. The van der Waals surface area contributed by atoms with Crippen LogP contribution < -0.4 is 5.32 Å². The molecule has 0 aliphatic rings. The van der Waals surface area contributed by atoms with Crippen LogP contribution in [0.5, 0.6) is 0 Å². The lowest BCUT2D eigenvalue weighted by Crippen LogP contribution is -2.48. The summed E-state index contributed by atoms with van der Waals surface area (Å²) in [5.41, 5.74) is 2.34. The van der Waals surface area contributed by atoms with Crippen LogP contribution in [0.25, 0.3) is 0 Å². The first-order chi connectivity index (χ1) is 8.97. The van der Waals surface area contributed by atoms with Crippen LogP contribution in [-0.4, -0.2) is 48.6 Å². The number of aliphatic carboxylic acids is 1. The molecule has 0 aliphatic heterocycles. The van der Waals surface area contributed by atoms with Gasteiger partial charge in [0, 0.05) is 13.6 Å². The van der Waals surface area contributed by atoms with E-state index < -0.39 is 17.9 Å². The van der Waals surface area contributed by atoms with E-state index in [1.165, 1.54) is 23.1 Å². The highest BCUT2D eigenvalue weighted by atomic mass is 16.4. The average Bonchev–Trinajstić information content (AvgIpc) is 2.37. The first kappa shape index (κ1) is 15.2. The van der Waals surface area contributed by atoms with Gasteiger partial charge in [-0.05, 0) is 31.5 Å². The van der Waals surface area contributed by atoms with Crippen LogP contribution >= 0.6 is 0 Å². The Morgan fingerprint density at radius 2 is 2.00 bits per heavy atom. The van der Waals surface area contributed by atoms with Crippen LogP contribution in [0.4, 0.5) is 0 Å². The van der Waals surface area contributed by atoms with Crippen molar-refractivity contribution >= 4 is 11.9 Å². The van der Waals surface area contributed by atoms with Gasteiger partial charge < -0.3 is 10.0 Å². The average molecular weight is 264 g/mol. The quantitative estimate of drug-likeness (QED) is 0.741. The van der Waals surface area contributed by atoms with Crippen molar-refractivity contribution in [1.82, 2.24) is 10.2 Å². The molecule has 0 saturated heterocycles. The maximum atomic E-state index is 11.9. The van der Waals surface area contributed by atoms with E-state index in [-0.39, 0.29) is 0 Å². The third kappa shape index (κ3) is 4.06. The molecular formula is C14H20N2O3. The SMILES string of the molecule is CNC(C(=O)O)C(=O)N(C)CCc1ccccc1C. The molecule has 0 heterocycles. The maximum Gasteiger partial charge on any atom is 0.330 e. The highest BCUT2D eigenvalue weighted by molar-refractivity contribution is 6.01. The van der Waals surface area contributed by atoms with Crippen molar-refractivity contribution in [1.29, 1.82) is 0 Å². The summed E-state index contributed by atoms with van der Waals surface area (Å²) in [5.74, 6) is -1.58. The number of carboxylic acids is 1. The fourth-order valence-corrected chi connectivity index (χ4v) is 1.86. The molecular weight excluding hydrogens is 244 g/mol. The molecule has 5 nitrogen and oxygen atoms in total. The number of nitrogens with zero attached hydrogens (tertiary/aromatic N) is 1. The summed E-state index contributed by atoms with van der Waals surface area (Å²) < 4.78 is 0. The predicted octanol–water partition coefficient (Wildman–Crippen LogP) is 0.669. The Morgan fingerprint density at radius 3 is 2.53 bits per heavy atom. The van der Waals surface area contributed by atoms with E-state index in [0.717, 1.165) is 0 Å². The van der Waals surface area contributed by atoms with Crippen LogP contribution in [0.2, 0.25) is 0 Å². The van der Waals surface area contributed by atoms with Crippen molar-refractivity contribution in [2.45, 2.75) is 19.4 Å². The number of carbonyl (C=O) groups excluding carboxylic acids is 1. The van der Waals surface area contributed by atoms with Crippen molar-refractivity contribution in [3.8, 4) is 0 Å². The normalized spacial score (nSPS) is 11.9. The Balaban J connectivity index is 2.60. The highest BCUT2D eigenvalue weighted by Crippen LogP contribution is 2.08. The van der Waals surface area contributed by atoms with Gasteiger partial charge in [-0.15, -0.1) is 0 Å². The number of amides is 1. The number of carboxylic acid groups (broad SMARTS) is 1. The summed E-state index contributed by atoms with van der Waals surface area (Å²) in [7, 11) is 3.08. The van der Waals surface area contributed by atoms with Gasteiger partial charge in [-0.25, -0.2) is 4.79 Å². The number of benzene rings is 1. The second-order valence-electron chi connectivity index (χ2n) is 4.50. The molecule has 19 heavy (non-hydrogen) atoms. The van der Waals surface area contributed by atoms with Crippen molar-refractivity contribution in [3.63, 3.8) is 0 Å². The van der Waals surface area contributed by atoms with E-state index in [0.29, 0.717) is 13.0 Å². The van der Waals surface area contributed by atoms with Crippen molar-refractivity contribution < 1.29 is 14.7 Å². The number of hydrogen-bond acceptors (Lipinski definition) is 3. The van der Waals surface area contributed by atoms with Gasteiger partial charge in [-0.3, -0.25) is 10.1 Å². The fraction of sp³-hybridized carbons (Fsp3) is 0.429. The molecule has 0 bridgehead atoms. The van der Waals surface area contributed by atoms with Gasteiger partial charge in [-0.2, -0.15) is 0 Å². The molecule has 0 fully saturated rings. The lowest BCUT2D eigenvalue weighted by Gasteiger charge is -2.21. The molecule has 0 radical (unpaired) electrons. The molecule has 2 N–H and O–H groups in total. The molecule has 5 heteroatoms. The van der Waals surface area contributed by atoms with Gasteiger partial charge in [0.05, 0.1) is 0 Å². The molecule has 0 saturated carbocycles. The molecule has 1 aromatic carbocycles. The van der Waals surface area contributed by atoms with Crippen molar-refractivity contribution in [2.75, 3.05) is 20.6 Å². The Kier molecular flexibility index (Phi) is 5.51. The fourth-order valence-electron chi connectivity index (χ4n) is 1.86. The lowest BCUT2D eigenvalue weighted by molar-refractivity contribution is -0.147. The Hall–Kier alpha value is -1.88. The third-order valence-corrected chi connectivity index (χ3v) is 3.14. The second-order valence-corrected chi connectivity index (χ2v) is 4.50. The number of hydrogen-bond donors (Lipinski definition) is 2. The molecule has 1 rings (SSSR count). The standard InChI is InChI=1S/C14H20N2O3/c1-10-6-4-5-7-11(10)8-9-16(3)13(17)12(15-2)14(18)19/h4-7,12,15H,8-9H2,1-3H3,(H,18,19). The summed E-state index contributed by atoms with van der Waals surface area (Å²) in [4.78, 5) is 24.2. The highest BCUT2D eigenvalue weighted by Gasteiger charge is 2.26. The minimum absolute atomic E-state index is 0.427. The molecule has 104 valence electrons. The van der Waals surface area contributed by atoms with Crippen LogP contribution in [0.15, 0.2) is 24.3 Å². The zero-order valence-corrected chi connectivity index (χ0v) is 11.5. The van der Waals surface area contributed by atoms with E-state index in [9.17, 15) is 9.59 Å². The summed E-state index contributed by atoms with van der Waals surface area (Å²) in [6.07, 6.45) is 0.713. The molecule has 1 atom stereocenters. The number of carbonyl (C=O) groups is 2. The van der Waals surface area contributed by atoms with E-state index >= 15 is 0 Å². The molecule has 0 aromatic heterocycles. The molecule has 1 aromatic rings. The first-order valence-electron chi connectivity index (χ1n) is 6.17. The zero-order valence-electron chi connectivity index (χ0n) is 11.5. The van der Waals surface area contributed by atoms with Crippen molar-refractivity contribution in [3.05, 3.63) is 35.4 Å². The number of aryl methyl sites for hydroxylation is 1. The van der Waals surface area contributed by atoms with E-state index in [2.05, 4.69) is 5.32 Å². The number of nitrogens with one attached hydrogen (secondary N) is 1. The Morgan fingerprint density at radius 1 is 1.37 bits per heavy atom. The van der Waals surface area contributed by atoms with Gasteiger partial charge in [-0.1, -0.05) is 24.3 Å². The van der Waals surface area contributed by atoms with E-state index in [1.54, 1.807) is 7.05 Å². The molecule has 0 aliphatic carbocycles. The Bertz CT molecular complexity index is 460. The van der Waals surface area contributed by atoms with Gasteiger partial charge in [0.1, 0.15) is 0 Å². The van der Waals surface area contributed by atoms with E-state index in [1.807, 2.05) is 31.2 Å². The summed E-state index contributed by atoms with van der Waals surface area (Å²) in [6.45, 7) is 2.51. The lowest BCUT2D eigenvalue weighted by atomic mass is 10.1. The van der Waals surface area contributed by atoms with Crippen molar-refractivity contribution in [2.24, 2.45) is 0 Å². The number of likely N-dealkylation sites (N-methyl/N-ethyl adjacent to an activating group) is 2. The third-order valence-electron chi connectivity index (χ3n) is 3.14. The van der Waals surface area contributed by atoms with Crippen LogP contribution in [0, 0.1) is 6.92 Å². The van der Waals surface area contributed by atoms with Gasteiger partial charge in [0.2, 0.25) is 0 Å². The topological polar surface area (TPSA) is 69.6 Å². The smallest absolute Gasteiger partial charge is 0.330 e. The molecule has 1 unspecified atom stereocenters. The first-order valence-corrected chi connectivity index (χ1v) is 6.17. The van der Waals surface area contributed by atoms with Gasteiger partial charge in [0.25, 0.3) is 5.91 Å². The van der Waals surface area contributed by atoms with E-state index in [4.69, 9.17) is 5.11 Å². The Labute approximate surface area is 113 Å². The van der Waals surface area contributed by atoms with Gasteiger partial charge in [0.15, 0.2) is 6.04 Å². The summed E-state index contributed by atoms with van der Waals surface area (Å²) >= 11 is 0.